The van der Waals surface area contributed by atoms with Crippen LogP contribution in [0.5, 0.6) is 0 Å². The Hall–Kier alpha value is -0.510. The van der Waals surface area contributed by atoms with E-state index in [1.54, 1.807) is 0 Å². The molecule has 0 bridgehead atoms. The molecule has 17 heavy (non-hydrogen) atoms. The van der Waals surface area contributed by atoms with Gasteiger partial charge in [0.15, 0.2) is 0 Å². The van der Waals surface area contributed by atoms with E-state index in [0.717, 1.165) is 25.4 Å². The molecule has 2 nitrogen and oxygen atoms in total. The van der Waals surface area contributed by atoms with Gasteiger partial charge < -0.3 is 10.2 Å². The van der Waals surface area contributed by atoms with Crippen LogP contribution in [-0.2, 0) is 6.54 Å². The lowest BCUT2D eigenvalue weighted by Gasteiger charge is -2.12. The van der Waals surface area contributed by atoms with Crippen LogP contribution in [0.25, 0.3) is 0 Å². The van der Waals surface area contributed by atoms with Crippen molar-refractivity contribution in [2.24, 2.45) is 0 Å². The van der Waals surface area contributed by atoms with E-state index >= 15 is 0 Å². The van der Waals surface area contributed by atoms with E-state index in [-0.39, 0.29) is 0 Å². The lowest BCUT2D eigenvalue weighted by molar-refractivity contribution is 0.437. The molecule has 0 fully saturated rings. The summed E-state index contributed by atoms with van der Waals surface area (Å²) in [4.78, 5) is 3.64. The Morgan fingerprint density at radius 2 is 2.00 bits per heavy atom. The summed E-state index contributed by atoms with van der Waals surface area (Å²) in [7, 11) is 4.24. The van der Waals surface area contributed by atoms with Crippen LogP contribution in [0.3, 0.4) is 0 Å². The van der Waals surface area contributed by atoms with Crippen molar-refractivity contribution in [1.82, 2.24) is 10.2 Å². The first-order valence-corrected chi connectivity index (χ1v) is 7.28. The zero-order valence-electron chi connectivity index (χ0n) is 11.2. The molecule has 1 rings (SSSR count). The molecule has 0 aliphatic rings. The summed E-state index contributed by atoms with van der Waals surface area (Å²) in [6.45, 7) is 5.40. The molecule has 0 spiro atoms. The Labute approximate surface area is 110 Å². The van der Waals surface area contributed by atoms with Crippen LogP contribution >= 0.6 is 11.8 Å². The Bertz CT molecular complexity index is 313. The number of thioether (sulfide) groups is 1. The second kappa shape index (κ2) is 8.56. The standard InChI is InChI=1S/C14H24N2S/c1-4-9-15-12-13-7-5-6-8-14(13)17-11-10-16(2)3/h5-8,15H,4,9-12H2,1-3H3. The highest BCUT2D eigenvalue weighted by atomic mass is 32.2. The van der Waals surface area contributed by atoms with Crippen molar-refractivity contribution in [3.05, 3.63) is 29.8 Å². The number of hydrogen-bond donors (Lipinski definition) is 1. The minimum Gasteiger partial charge on any atom is -0.313 e. The van der Waals surface area contributed by atoms with Crippen LogP contribution in [0.2, 0.25) is 0 Å². The van der Waals surface area contributed by atoms with E-state index in [0.29, 0.717) is 0 Å². The van der Waals surface area contributed by atoms with Gasteiger partial charge in [0.1, 0.15) is 0 Å². The maximum Gasteiger partial charge on any atom is 0.0216 e. The van der Waals surface area contributed by atoms with Crippen molar-refractivity contribution in [3.8, 4) is 0 Å². The Kier molecular flexibility index (Phi) is 7.33. The normalized spacial score (nSPS) is 11.1. The summed E-state index contributed by atoms with van der Waals surface area (Å²) in [5.41, 5.74) is 1.42. The van der Waals surface area contributed by atoms with Gasteiger partial charge in [-0.15, -0.1) is 11.8 Å². The van der Waals surface area contributed by atoms with Crippen molar-refractivity contribution in [1.29, 1.82) is 0 Å². The minimum atomic E-state index is 0.985. The fraction of sp³-hybridized carbons (Fsp3) is 0.571. The lowest BCUT2D eigenvalue weighted by Crippen LogP contribution is -2.16. The topological polar surface area (TPSA) is 15.3 Å². The molecule has 0 saturated heterocycles. The van der Waals surface area contributed by atoms with Crippen molar-refractivity contribution in [2.75, 3.05) is 32.9 Å². The fourth-order valence-corrected chi connectivity index (χ4v) is 2.71. The third-order valence-corrected chi connectivity index (χ3v) is 3.61. The van der Waals surface area contributed by atoms with E-state index in [1.165, 1.54) is 16.9 Å². The molecule has 1 aromatic rings. The van der Waals surface area contributed by atoms with Crippen LogP contribution in [0, 0.1) is 0 Å². The van der Waals surface area contributed by atoms with Crippen LogP contribution in [0.1, 0.15) is 18.9 Å². The molecule has 0 amide bonds. The third-order valence-electron chi connectivity index (χ3n) is 2.51. The first-order valence-electron chi connectivity index (χ1n) is 6.30. The summed E-state index contributed by atoms with van der Waals surface area (Å²) >= 11 is 1.95. The molecule has 3 heteroatoms. The quantitative estimate of drug-likeness (QED) is 0.566. The van der Waals surface area contributed by atoms with E-state index in [9.17, 15) is 0 Å². The molecule has 1 N–H and O–H groups in total. The summed E-state index contributed by atoms with van der Waals surface area (Å²) < 4.78 is 0. The van der Waals surface area contributed by atoms with Crippen molar-refractivity contribution in [2.45, 2.75) is 24.8 Å². The Morgan fingerprint density at radius 1 is 1.24 bits per heavy atom. The zero-order chi connectivity index (χ0) is 12.5. The molecule has 0 unspecified atom stereocenters. The molecular weight excluding hydrogens is 228 g/mol. The van der Waals surface area contributed by atoms with Crippen molar-refractivity contribution in [3.63, 3.8) is 0 Å². The second-order valence-electron chi connectivity index (χ2n) is 4.44. The fourth-order valence-electron chi connectivity index (χ4n) is 1.53. The average Bonchev–Trinajstić information content (AvgIpc) is 2.31. The molecule has 0 aliphatic carbocycles. The third kappa shape index (κ3) is 6.10. The molecule has 1 aromatic carbocycles. The number of nitrogens with one attached hydrogen (secondary N) is 1. The molecule has 0 aliphatic heterocycles. The highest BCUT2D eigenvalue weighted by Gasteiger charge is 2.02. The van der Waals surface area contributed by atoms with Crippen LogP contribution in [0.4, 0.5) is 0 Å². The monoisotopic (exact) mass is 252 g/mol. The molecule has 96 valence electrons. The molecular formula is C14H24N2S. The zero-order valence-corrected chi connectivity index (χ0v) is 12.0. The highest BCUT2D eigenvalue weighted by molar-refractivity contribution is 7.99. The van der Waals surface area contributed by atoms with Gasteiger partial charge in [-0.3, -0.25) is 0 Å². The smallest absolute Gasteiger partial charge is 0.0216 e. The predicted octanol–water partition coefficient (Wildman–Crippen LogP) is 2.84. The largest absolute Gasteiger partial charge is 0.313 e. The van der Waals surface area contributed by atoms with E-state index < -0.39 is 0 Å². The van der Waals surface area contributed by atoms with Gasteiger partial charge in [-0.25, -0.2) is 0 Å². The van der Waals surface area contributed by atoms with Crippen molar-refractivity contribution < 1.29 is 0 Å². The van der Waals surface area contributed by atoms with Crippen LogP contribution < -0.4 is 5.32 Å². The molecule has 0 heterocycles. The van der Waals surface area contributed by atoms with E-state index in [1.807, 2.05) is 11.8 Å². The maximum absolute atomic E-state index is 3.47. The van der Waals surface area contributed by atoms with Crippen molar-refractivity contribution >= 4 is 11.8 Å². The minimum absolute atomic E-state index is 0.985. The predicted molar refractivity (Wildman–Crippen MR) is 77.7 cm³/mol. The molecule has 0 saturated carbocycles. The van der Waals surface area contributed by atoms with Gasteiger partial charge >= 0.3 is 0 Å². The average molecular weight is 252 g/mol. The summed E-state index contributed by atoms with van der Waals surface area (Å²) in [6.07, 6.45) is 1.19. The lowest BCUT2D eigenvalue weighted by atomic mass is 10.2. The number of hydrogen-bond acceptors (Lipinski definition) is 3. The molecule has 0 radical (unpaired) electrons. The first kappa shape index (κ1) is 14.6. The van der Waals surface area contributed by atoms with Gasteiger partial charge in [-0.05, 0) is 38.7 Å². The van der Waals surface area contributed by atoms with Gasteiger partial charge in [0.2, 0.25) is 0 Å². The highest BCUT2D eigenvalue weighted by Crippen LogP contribution is 2.22. The maximum atomic E-state index is 3.47. The Morgan fingerprint density at radius 3 is 2.71 bits per heavy atom. The van der Waals surface area contributed by atoms with Gasteiger partial charge in [-0.2, -0.15) is 0 Å². The summed E-state index contributed by atoms with van der Waals surface area (Å²) in [5.74, 6) is 1.15. The van der Waals surface area contributed by atoms with E-state index in [2.05, 4.69) is 55.5 Å². The van der Waals surface area contributed by atoms with E-state index in [4.69, 9.17) is 0 Å². The molecule has 0 atom stereocenters. The SMILES string of the molecule is CCCNCc1ccccc1SCCN(C)C. The van der Waals surface area contributed by atoms with Gasteiger partial charge in [0.05, 0.1) is 0 Å². The van der Waals surface area contributed by atoms with Gasteiger partial charge in [0, 0.05) is 23.7 Å². The second-order valence-corrected chi connectivity index (χ2v) is 5.57. The molecule has 0 aromatic heterocycles. The van der Waals surface area contributed by atoms with Crippen LogP contribution in [0.15, 0.2) is 29.2 Å². The van der Waals surface area contributed by atoms with Gasteiger partial charge in [0.25, 0.3) is 0 Å². The Balaban J connectivity index is 2.46. The summed E-state index contributed by atoms with van der Waals surface area (Å²) in [5, 5.41) is 3.47. The number of benzene rings is 1. The number of nitrogens with zero attached hydrogens (tertiary/aromatic N) is 1. The summed E-state index contributed by atoms with van der Waals surface area (Å²) in [6, 6.07) is 8.70. The number of rotatable bonds is 8. The van der Waals surface area contributed by atoms with Gasteiger partial charge in [-0.1, -0.05) is 25.1 Å². The van der Waals surface area contributed by atoms with Crippen LogP contribution in [-0.4, -0.2) is 37.8 Å². The first-order chi connectivity index (χ1) is 8.24.